The maximum Gasteiger partial charge on any atom is 0.114 e. The van der Waals surface area contributed by atoms with Gasteiger partial charge in [-0.1, -0.05) is 35.5 Å². The molecule has 0 aliphatic heterocycles. The summed E-state index contributed by atoms with van der Waals surface area (Å²) in [7, 11) is 1.64. The van der Waals surface area contributed by atoms with Crippen LogP contribution in [-0.2, 0) is 9.57 Å². The molecule has 1 aromatic rings. The molecular weight excluding hydrogens is 178 g/mol. The lowest BCUT2D eigenvalue weighted by atomic mass is 10.1. The van der Waals surface area contributed by atoms with Gasteiger partial charge in [0, 0.05) is 12.7 Å². The summed E-state index contributed by atoms with van der Waals surface area (Å²) in [4.78, 5) is 5.01. The fourth-order valence-electron chi connectivity index (χ4n) is 1.07. The average molecular weight is 193 g/mol. The Morgan fingerprint density at radius 2 is 2.00 bits per heavy atom. The molecule has 0 bridgehead atoms. The summed E-state index contributed by atoms with van der Waals surface area (Å²) < 4.78 is 5.04. The molecule has 0 N–H and O–H groups in total. The molecule has 0 aliphatic carbocycles. The van der Waals surface area contributed by atoms with Crippen molar-refractivity contribution < 1.29 is 9.57 Å². The summed E-state index contributed by atoms with van der Waals surface area (Å²) >= 11 is 0. The first-order valence-corrected chi connectivity index (χ1v) is 4.61. The van der Waals surface area contributed by atoms with Crippen molar-refractivity contribution in [2.24, 2.45) is 5.16 Å². The standard InChI is InChI=1S/C11H15NO2/c1-3-14-12-11(9-13-2)10-7-5-4-6-8-10/h4-8H,3,9H2,1-2H3/b12-11+. The highest BCUT2D eigenvalue weighted by Gasteiger charge is 2.02. The second kappa shape index (κ2) is 6.16. The summed E-state index contributed by atoms with van der Waals surface area (Å²) in [6.07, 6.45) is 0. The van der Waals surface area contributed by atoms with Crippen LogP contribution in [0, 0.1) is 0 Å². The van der Waals surface area contributed by atoms with E-state index in [1.54, 1.807) is 7.11 Å². The molecule has 0 saturated heterocycles. The van der Waals surface area contributed by atoms with Gasteiger partial charge in [0.1, 0.15) is 12.3 Å². The number of nitrogens with zero attached hydrogens (tertiary/aromatic N) is 1. The van der Waals surface area contributed by atoms with E-state index in [0.29, 0.717) is 13.2 Å². The number of benzene rings is 1. The average Bonchev–Trinajstić information content (AvgIpc) is 2.25. The van der Waals surface area contributed by atoms with Gasteiger partial charge in [-0.3, -0.25) is 0 Å². The fraction of sp³-hybridized carbons (Fsp3) is 0.364. The smallest absolute Gasteiger partial charge is 0.114 e. The summed E-state index contributed by atoms with van der Waals surface area (Å²) in [6, 6.07) is 9.86. The molecule has 0 spiro atoms. The van der Waals surface area contributed by atoms with Gasteiger partial charge in [-0.05, 0) is 6.92 Å². The molecule has 3 heteroatoms. The number of methoxy groups -OCH3 is 1. The third-order valence-electron chi connectivity index (χ3n) is 1.69. The van der Waals surface area contributed by atoms with Gasteiger partial charge in [-0.25, -0.2) is 0 Å². The number of ether oxygens (including phenoxy) is 1. The normalized spacial score (nSPS) is 11.4. The quantitative estimate of drug-likeness (QED) is 0.529. The molecule has 3 nitrogen and oxygen atoms in total. The minimum atomic E-state index is 0.462. The van der Waals surface area contributed by atoms with Crippen molar-refractivity contribution in [2.75, 3.05) is 20.3 Å². The third kappa shape index (κ3) is 3.18. The van der Waals surface area contributed by atoms with Gasteiger partial charge in [0.25, 0.3) is 0 Å². The van der Waals surface area contributed by atoms with Crippen molar-refractivity contribution in [1.82, 2.24) is 0 Å². The van der Waals surface area contributed by atoms with E-state index in [4.69, 9.17) is 9.57 Å². The van der Waals surface area contributed by atoms with Gasteiger partial charge in [0.2, 0.25) is 0 Å². The van der Waals surface area contributed by atoms with Crippen molar-refractivity contribution in [3.8, 4) is 0 Å². The Morgan fingerprint density at radius 3 is 2.57 bits per heavy atom. The van der Waals surface area contributed by atoms with Crippen LogP contribution in [0.2, 0.25) is 0 Å². The van der Waals surface area contributed by atoms with E-state index in [2.05, 4.69) is 5.16 Å². The van der Waals surface area contributed by atoms with E-state index in [0.717, 1.165) is 11.3 Å². The number of rotatable bonds is 5. The molecule has 0 amide bonds. The van der Waals surface area contributed by atoms with Crippen LogP contribution in [0.3, 0.4) is 0 Å². The predicted molar refractivity (Wildman–Crippen MR) is 56.5 cm³/mol. The molecular formula is C11H15NO2. The van der Waals surface area contributed by atoms with Crippen molar-refractivity contribution in [2.45, 2.75) is 6.92 Å². The molecule has 76 valence electrons. The van der Waals surface area contributed by atoms with E-state index in [1.807, 2.05) is 37.3 Å². The molecule has 0 radical (unpaired) electrons. The zero-order valence-electron chi connectivity index (χ0n) is 8.56. The monoisotopic (exact) mass is 193 g/mol. The van der Waals surface area contributed by atoms with Gasteiger partial charge in [-0.15, -0.1) is 0 Å². The van der Waals surface area contributed by atoms with Crippen LogP contribution >= 0.6 is 0 Å². The van der Waals surface area contributed by atoms with Crippen LogP contribution in [0.5, 0.6) is 0 Å². The Balaban J connectivity index is 2.77. The summed E-state index contributed by atoms with van der Waals surface area (Å²) in [5.41, 5.74) is 1.85. The summed E-state index contributed by atoms with van der Waals surface area (Å²) in [5.74, 6) is 0. The Bertz CT molecular complexity index is 283. The van der Waals surface area contributed by atoms with Gasteiger partial charge in [0.05, 0.1) is 6.61 Å². The van der Waals surface area contributed by atoms with Crippen LogP contribution in [0.25, 0.3) is 0 Å². The van der Waals surface area contributed by atoms with Crippen LogP contribution in [0.4, 0.5) is 0 Å². The molecule has 1 aromatic carbocycles. The van der Waals surface area contributed by atoms with Crippen LogP contribution in [0.1, 0.15) is 12.5 Å². The summed E-state index contributed by atoms with van der Waals surface area (Å²) in [5, 5.41) is 3.99. The van der Waals surface area contributed by atoms with Gasteiger partial charge < -0.3 is 9.57 Å². The zero-order valence-corrected chi connectivity index (χ0v) is 8.56. The van der Waals surface area contributed by atoms with Crippen LogP contribution < -0.4 is 0 Å². The van der Waals surface area contributed by atoms with Crippen molar-refractivity contribution in [3.63, 3.8) is 0 Å². The molecule has 0 fully saturated rings. The van der Waals surface area contributed by atoms with E-state index >= 15 is 0 Å². The third-order valence-corrected chi connectivity index (χ3v) is 1.69. The molecule has 0 unspecified atom stereocenters. The lowest BCUT2D eigenvalue weighted by Gasteiger charge is -2.04. The van der Waals surface area contributed by atoms with Crippen LogP contribution in [-0.4, -0.2) is 26.0 Å². The minimum Gasteiger partial charge on any atom is -0.396 e. The van der Waals surface area contributed by atoms with E-state index in [-0.39, 0.29) is 0 Å². The fourth-order valence-corrected chi connectivity index (χ4v) is 1.07. The Labute approximate surface area is 84.3 Å². The Hall–Kier alpha value is -1.35. The first-order valence-electron chi connectivity index (χ1n) is 4.61. The number of hydrogen-bond acceptors (Lipinski definition) is 3. The van der Waals surface area contributed by atoms with Gasteiger partial charge >= 0.3 is 0 Å². The van der Waals surface area contributed by atoms with Crippen LogP contribution in [0.15, 0.2) is 35.5 Å². The molecule has 0 atom stereocenters. The first-order chi connectivity index (χ1) is 6.88. The van der Waals surface area contributed by atoms with Gasteiger partial charge in [0.15, 0.2) is 0 Å². The molecule has 1 rings (SSSR count). The Kier molecular flexibility index (Phi) is 4.72. The predicted octanol–water partition coefficient (Wildman–Crippen LogP) is 2.07. The maximum atomic E-state index is 5.04. The number of oxime groups is 1. The molecule has 0 heterocycles. The largest absolute Gasteiger partial charge is 0.396 e. The summed E-state index contributed by atoms with van der Waals surface area (Å²) in [6.45, 7) is 2.93. The lowest BCUT2D eigenvalue weighted by molar-refractivity contribution is 0.154. The highest BCUT2D eigenvalue weighted by Crippen LogP contribution is 2.02. The number of hydrogen-bond donors (Lipinski definition) is 0. The second-order valence-corrected chi connectivity index (χ2v) is 2.75. The van der Waals surface area contributed by atoms with Crippen molar-refractivity contribution in [1.29, 1.82) is 0 Å². The second-order valence-electron chi connectivity index (χ2n) is 2.75. The highest BCUT2D eigenvalue weighted by atomic mass is 16.6. The highest BCUT2D eigenvalue weighted by molar-refractivity contribution is 6.01. The van der Waals surface area contributed by atoms with Crippen molar-refractivity contribution >= 4 is 5.71 Å². The first kappa shape index (κ1) is 10.7. The molecule has 14 heavy (non-hydrogen) atoms. The lowest BCUT2D eigenvalue weighted by Crippen LogP contribution is -2.09. The van der Waals surface area contributed by atoms with E-state index < -0.39 is 0 Å². The SMILES string of the molecule is CCO/N=C(\COC)c1ccccc1. The minimum absolute atomic E-state index is 0.462. The van der Waals surface area contributed by atoms with E-state index in [9.17, 15) is 0 Å². The van der Waals surface area contributed by atoms with Crippen molar-refractivity contribution in [3.05, 3.63) is 35.9 Å². The molecule has 0 aliphatic rings. The molecule has 0 aromatic heterocycles. The zero-order chi connectivity index (χ0) is 10.2. The van der Waals surface area contributed by atoms with E-state index in [1.165, 1.54) is 0 Å². The Morgan fingerprint density at radius 1 is 1.29 bits per heavy atom. The molecule has 0 saturated carbocycles. The maximum absolute atomic E-state index is 5.04. The van der Waals surface area contributed by atoms with Gasteiger partial charge in [-0.2, -0.15) is 0 Å². The topological polar surface area (TPSA) is 30.8 Å².